The molecule has 0 radical (unpaired) electrons. The van der Waals surface area contributed by atoms with Crippen molar-refractivity contribution in [2.45, 2.75) is 46.1 Å². The lowest BCUT2D eigenvalue weighted by molar-refractivity contribution is 0.196. The topological polar surface area (TPSA) is 37.4 Å². The van der Waals surface area contributed by atoms with Crippen LogP contribution in [0.15, 0.2) is 53.9 Å². The summed E-state index contributed by atoms with van der Waals surface area (Å²) in [6.07, 6.45) is 3.19. The van der Waals surface area contributed by atoms with Crippen LogP contribution in [0, 0.1) is 0 Å². The van der Waals surface area contributed by atoms with Gasteiger partial charge in [-0.15, -0.1) is 11.3 Å². The molecule has 0 aliphatic rings. The molecule has 0 bridgehead atoms. The zero-order valence-electron chi connectivity index (χ0n) is 19.2. The van der Waals surface area contributed by atoms with Crippen LogP contribution in [-0.2, 0) is 6.42 Å². The fraction of sp³-hybridized carbons (Fsp3) is 0.423. The Hall–Kier alpha value is -2.37. The number of aryl methyl sites for hydroxylation is 1. The lowest BCUT2D eigenvalue weighted by Gasteiger charge is -2.30. The van der Waals surface area contributed by atoms with Gasteiger partial charge in [-0.3, -0.25) is 4.90 Å². The summed E-state index contributed by atoms with van der Waals surface area (Å²) in [5, 5.41) is 6.94. The predicted octanol–water partition coefficient (Wildman–Crippen LogP) is 6.66. The molecule has 1 unspecified atom stereocenters. The Labute approximate surface area is 191 Å². The first-order valence-corrected chi connectivity index (χ1v) is 12.2. The number of hydrogen-bond donors (Lipinski definition) is 1. The molecule has 0 saturated heterocycles. The summed E-state index contributed by atoms with van der Waals surface area (Å²) in [5.74, 6) is 0.901. The summed E-state index contributed by atoms with van der Waals surface area (Å²) in [4.78, 5) is 7.57. The van der Waals surface area contributed by atoms with E-state index in [1.807, 2.05) is 6.07 Å². The maximum Gasteiger partial charge on any atom is 0.141 e. The molecule has 1 N–H and O–H groups in total. The number of aromatic nitrogens is 1. The standard InChI is InChI=1S/C26H35N3OS/c1-5-16-29(17-15-27-22-18-20(6-2)13-14-25(22)30-4)24(7-3)23-19-31-26(28-23)21-11-9-8-10-12-21/h8-14,18-19,24,27H,5-7,15-17H2,1-4H3. The highest BCUT2D eigenvalue weighted by atomic mass is 32.1. The van der Waals surface area contributed by atoms with Crippen molar-refractivity contribution in [1.29, 1.82) is 0 Å². The molecule has 2 aromatic carbocycles. The van der Waals surface area contributed by atoms with E-state index in [9.17, 15) is 0 Å². The van der Waals surface area contributed by atoms with Gasteiger partial charge in [0.15, 0.2) is 0 Å². The monoisotopic (exact) mass is 437 g/mol. The Morgan fingerprint density at radius 3 is 2.55 bits per heavy atom. The molecule has 0 spiro atoms. The second-order valence-corrected chi connectivity index (χ2v) is 8.58. The van der Waals surface area contributed by atoms with Crippen LogP contribution in [0.2, 0.25) is 0 Å². The van der Waals surface area contributed by atoms with E-state index in [1.54, 1.807) is 18.4 Å². The minimum absolute atomic E-state index is 0.333. The van der Waals surface area contributed by atoms with Gasteiger partial charge >= 0.3 is 0 Å². The number of nitrogens with one attached hydrogen (secondary N) is 1. The van der Waals surface area contributed by atoms with Gasteiger partial charge in [0.2, 0.25) is 0 Å². The summed E-state index contributed by atoms with van der Waals surface area (Å²) in [7, 11) is 1.73. The largest absolute Gasteiger partial charge is 0.495 e. The Bertz CT molecular complexity index is 925. The first kappa shape index (κ1) is 23.3. The van der Waals surface area contributed by atoms with Gasteiger partial charge in [-0.25, -0.2) is 4.98 Å². The first-order chi connectivity index (χ1) is 15.2. The molecule has 0 aliphatic carbocycles. The van der Waals surface area contributed by atoms with Crippen molar-refractivity contribution in [3.8, 4) is 16.3 Å². The van der Waals surface area contributed by atoms with Crippen LogP contribution in [0.25, 0.3) is 10.6 Å². The molecule has 0 aliphatic heterocycles. The summed E-state index contributed by atoms with van der Waals surface area (Å²) < 4.78 is 5.55. The van der Waals surface area contributed by atoms with Crippen molar-refractivity contribution < 1.29 is 4.74 Å². The molecular formula is C26H35N3OS. The van der Waals surface area contributed by atoms with Crippen LogP contribution < -0.4 is 10.1 Å². The van der Waals surface area contributed by atoms with Gasteiger partial charge in [0.05, 0.1) is 24.5 Å². The van der Waals surface area contributed by atoms with Crippen LogP contribution >= 0.6 is 11.3 Å². The number of anilines is 1. The van der Waals surface area contributed by atoms with E-state index in [1.165, 1.54) is 16.8 Å². The normalized spacial score (nSPS) is 12.2. The Kier molecular flexibility index (Phi) is 8.92. The highest BCUT2D eigenvalue weighted by molar-refractivity contribution is 7.13. The van der Waals surface area contributed by atoms with Crippen LogP contribution in [0.5, 0.6) is 5.75 Å². The van der Waals surface area contributed by atoms with E-state index >= 15 is 0 Å². The van der Waals surface area contributed by atoms with Crippen LogP contribution in [0.1, 0.15) is 50.9 Å². The summed E-state index contributed by atoms with van der Waals surface area (Å²) in [5.41, 5.74) is 4.77. The summed E-state index contributed by atoms with van der Waals surface area (Å²) in [6, 6.07) is 17.2. The van der Waals surface area contributed by atoms with Gasteiger partial charge in [0.25, 0.3) is 0 Å². The summed E-state index contributed by atoms with van der Waals surface area (Å²) in [6.45, 7) is 9.58. The predicted molar refractivity (Wildman–Crippen MR) is 133 cm³/mol. The lowest BCUT2D eigenvalue weighted by atomic mass is 10.1. The first-order valence-electron chi connectivity index (χ1n) is 11.4. The molecule has 4 nitrogen and oxygen atoms in total. The maximum atomic E-state index is 5.55. The van der Waals surface area contributed by atoms with Crippen molar-refractivity contribution in [2.24, 2.45) is 0 Å². The third-order valence-electron chi connectivity index (χ3n) is 5.61. The second-order valence-electron chi connectivity index (χ2n) is 7.72. The molecule has 0 fully saturated rings. The minimum Gasteiger partial charge on any atom is -0.495 e. The molecule has 3 rings (SSSR count). The number of benzene rings is 2. The van der Waals surface area contributed by atoms with Crippen molar-refractivity contribution in [1.82, 2.24) is 9.88 Å². The minimum atomic E-state index is 0.333. The second kappa shape index (κ2) is 11.9. The number of nitrogens with zero attached hydrogens (tertiary/aromatic N) is 2. The highest BCUT2D eigenvalue weighted by Gasteiger charge is 2.21. The molecule has 3 aromatic rings. The van der Waals surface area contributed by atoms with Crippen molar-refractivity contribution in [3.63, 3.8) is 0 Å². The number of thiazole rings is 1. The third kappa shape index (κ3) is 6.08. The molecule has 1 atom stereocenters. The van der Waals surface area contributed by atoms with Crippen LogP contribution in [0.3, 0.4) is 0 Å². The number of ether oxygens (including phenoxy) is 1. The van der Waals surface area contributed by atoms with E-state index < -0.39 is 0 Å². The van der Waals surface area contributed by atoms with Gasteiger partial charge < -0.3 is 10.1 Å². The quantitative estimate of drug-likeness (QED) is 0.344. The Morgan fingerprint density at radius 2 is 1.87 bits per heavy atom. The lowest BCUT2D eigenvalue weighted by Crippen LogP contribution is -2.34. The summed E-state index contributed by atoms with van der Waals surface area (Å²) >= 11 is 1.74. The highest BCUT2D eigenvalue weighted by Crippen LogP contribution is 2.31. The number of hydrogen-bond acceptors (Lipinski definition) is 5. The average Bonchev–Trinajstić information content (AvgIpc) is 3.30. The van der Waals surface area contributed by atoms with E-state index in [-0.39, 0.29) is 0 Å². The fourth-order valence-corrected chi connectivity index (χ4v) is 4.84. The average molecular weight is 438 g/mol. The van der Waals surface area contributed by atoms with Crippen molar-refractivity contribution in [3.05, 3.63) is 65.2 Å². The van der Waals surface area contributed by atoms with Gasteiger partial charge in [0.1, 0.15) is 10.8 Å². The zero-order valence-corrected chi connectivity index (χ0v) is 20.0. The molecule has 0 amide bonds. The van der Waals surface area contributed by atoms with E-state index in [0.717, 1.165) is 55.3 Å². The molecule has 0 saturated carbocycles. The molecule has 166 valence electrons. The smallest absolute Gasteiger partial charge is 0.141 e. The van der Waals surface area contributed by atoms with Gasteiger partial charge in [-0.05, 0) is 43.5 Å². The van der Waals surface area contributed by atoms with Crippen LogP contribution in [0.4, 0.5) is 5.69 Å². The SMILES string of the molecule is CCCN(CCNc1cc(CC)ccc1OC)C(CC)c1csc(-c2ccccc2)n1. The molecule has 5 heteroatoms. The van der Waals surface area contributed by atoms with Crippen molar-refractivity contribution >= 4 is 17.0 Å². The Balaban J connectivity index is 1.70. The van der Waals surface area contributed by atoms with E-state index in [2.05, 4.69) is 78.8 Å². The van der Waals surface area contributed by atoms with Crippen molar-refractivity contribution in [2.75, 3.05) is 32.1 Å². The number of methoxy groups -OCH3 is 1. The third-order valence-corrected chi connectivity index (χ3v) is 6.52. The van der Waals surface area contributed by atoms with Gasteiger partial charge in [-0.2, -0.15) is 0 Å². The maximum absolute atomic E-state index is 5.55. The zero-order chi connectivity index (χ0) is 22.1. The Morgan fingerprint density at radius 1 is 1.06 bits per heavy atom. The van der Waals surface area contributed by atoms with Crippen LogP contribution in [-0.4, -0.2) is 36.6 Å². The number of rotatable bonds is 12. The molecule has 1 heterocycles. The van der Waals surface area contributed by atoms with E-state index in [0.29, 0.717) is 6.04 Å². The van der Waals surface area contributed by atoms with Gasteiger partial charge in [0, 0.05) is 24.0 Å². The molecule has 1 aromatic heterocycles. The molecule has 31 heavy (non-hydrogen) atoms. The van der Waals surface area contributed by atoms with Gasteiger partial charge in [-0.1, -0.05) is 57.2 Å². The molecular weight excluding hydrogens is 402 g/mol. The van der Waals surface area contributed by atoms with E-state index in [4.69, 9.17) is 9.72 Å². The fourth-order valence-electron chi connectivity index (χ4n) is 3.96.